The molecule has 0 fully saturated rings. The van der Waals surface area contributed by atoms with E-state index in [1.807, 2.05) is 11.4 Å². The van der Waals surface area contributed by atoms with Crippen LogP contribution < -0.4 is 5.32 Å². The van der Waals surface area contributed by atoms with Gasteiger partial charge in [-0.3, -0.25) is 0 Å². The molecule has 0 saturated carbocycles. The van der Waals surface area contributed by atoms with Crippen molar-refractivity contribution in [2.75, 3.05) is 33.5 Å². The molecule has 3 nitrogen and oxygen atoms in total. The fourth-order valence-corrected chi connectivity index (χ4v) is 2.24. The maximum Gasteiger partial charge on any atom is 0.0700 e. The molecule has 1 heterocycles. The predicted octanol–water partition coefficient (Wildman–Crippen LogP) is 2.54. The predicted molar refractivity (Wildman–Crippen MR) is 68.3 cm³/mol. The zero-order chi connectivity index (χ0) is 11.6. The van der Waals surface area contributed by atoms with Crippen molar-refractivity contribution in [3.05, 3.63) is 21.3 Å². The Morgan fingerprint density at radius 2 is 2.25 bits per heavy atom. The number of halogens is 1. The van der Waals surface area contributed by atoms with Crippen molar-refractivity contribution in [3.63, 3.8) is 0 Å². The Kier molecular flexibility index (Phi) is 7.80. The van der Waals surface area contributed by atoms with E-state index in [2.05, 4.69) is 5.32 Å². The molecular formula is C11H18ClNO2S. The Morgan fingerprint density at radius 1 is 1.38 bits per heavy atom. The van der Waals surface area contributed by atoms with Crippen molar-refractivity contribution in [2.24, 2.45) is 0 Å². The molecule has 0 aromatic carbocycles. The number of hydrogen-bond acceptors (Lipinski definition) is 4. The highest BCUT2D eigenvalue weighted by Gasteiger charge is 1.96. The Balaban J connectivity index is 1.88. The maximum absolute atomic E-state index is 5.82. The molecule has 1 aromatic heterocycles. The molecule has 0 saturated heterocycles. The molecule has 0 aliphatic carbocycles. The summed E-state index contributed by atoms with van der Waals surface area (Å²) < 4.78 is 10.2. The first-order chi connectivity index (χ1) is 7.83. The Morgan fingerprint density at radius 3 is 2.94 bits per heavy atom. The summed E-state index contributed by atoms with van der Waals surface area (Å²) in [4.78, 5) is 1.27. The van der Waals surface area contributed by atoms with E-state index in [4.69, 9.17) is 21.1 Å². The molecule has 92 valence electrons. The van der Waals surface area contributed by atoms with Gasteiger partial charge in [0.1, 0.15) is 0 Å². The monoisotopic (exact) mass is 263 g/mol. The lowest BCUT2D eigenvalue weighted by Gasteiger charge is -2.04. The van der Waals surface area contributed by atoms with Gasteiger partial charge in [-0.2, -0.15) is 0 Å². The lowest BCUT2D eigenvalue weighted by atomic mass is 10.4. The first kappa shape index (κ1) is 13.9. The summed E-state index contributed by atoms with van der Waals surface area (Å²) in [5, 5.41) is 6.12. The van der Waals surface area contributed by atoms with Crippen LogP contribution >= 0.6 is 22.9 Å². The first-order valence-electron chi connectivity index (χ1n) is 5.33. The zero-order valence-electron chi connectivity index (χ0n) is 9.50. The highest BCUT2D eigenvalue weighted by atomic mass is 35.5. The van der Waals surface area contributed by atoms with Crippen molar-refractivity contribution in [1.29, 1.82) is 0 Å². The normalized spacial score (nSPS) is 10.9. The molecule has 5 heteroatoms. The van der Waals surface area contributed by atoms with E-state index < -0.39 is 0 Å². The Hall–Kier alpha value is -0.130. The van der Waals surface area contributed by atoms with Gasteiger partial charge in [0.2, 0.25) is 0 Å². The summed E-state index contributed by atoms with van der Waals surface area (Å²) in [5.41, 5.74) is 0. The summed E-state index contributed by atoms with van der Waals surface area (Å²) in [7, 11) is 1.68. The largest absolute Gasteiger partial charge is 0.382 e. The quantitative estimate of drug-likeness (QED) is 0.695. The average Bonchev–Trinajstić information content (AvgIpc) is 2.68. The van der Waals surface area contributed by atoms with Gasteiger partial charge in [-0.25, -0.2) is 0 Å². The summed E-state index contributed by atoms with van der Waals surface area (Å²) in [5.74, 6) is 0. The third-order valence-electron chi connectivity index (χ3n) is 2.00. The molecule has 0 aliphatic heterocycles. The van der Waals surface area contributed by atoms with Crippen LogP contribution in [0.3, 0.4) is 0 Å². The minimum atomic E-state index is 0.668. The first-order valence-corrected chi connectivity index (χ1v) is 6.59. The van der Waals surface area contributed by atoms with E-state index >= 15 is 0 Å². The van der Waals surface area contributed by atoms with Gasteiger partial charge in [0.15, 0.2) is 0 Å². The Bertz CT molecular complexity index is 281. The molecule has 0 amide bonds. The third kappa shape index (κ3) is 6.45. The van der Waals surface area contributed by atoms with Crippen molar-refractivity contribution >= 4 is 22.9 Å². The second-order valence-electron chi connectivity index (χ2n) is 3.37. The number of thiophene rings is 1. The zero-order valence-corrected chi connectivity index (χ0v) is 11.1. The van der Waals surface area contributed by atoms with E-state index in [1.54, 1.807) is 18.4 Å². The molecule has 0 radical (unpaired) electrons. The van der Waals surface area contributed by atoms with Crippen molar-refractivity contribution < 1.29 is 9.47 Å². The SMILES string of the molecule is COCCOCCCNCc1cc(Cl)cs1. The number of nitrogens with one attached hydrogen (secondary N) is 1. The number of methoxy groups -OCH3 is 1. The van der Waals surface area contributed by atoms with Crippen molar-refractivity contribution in [1.82, 2.24) is 5.32 Å². The van der Waals surface area contributed by atoms with Crippen LogP contribution in [0.1, 0.15) is 11.3 Å². The van der Waals surface area contributed by atoms with Gasteiger partial charge < -0.3 is 14.8 Å². The minimum Gasteiger partial charge on any atom is -0.382 e. The van der Waals surface area contributed by atoms with E-state index in [1.165, 1.54) is 4.88 Å². The second kappa shape index (κ2) is 8.96. The lowest BCUT2D eigenvalue weighted by molar-refractivity contribution is 0.0695. The van der Waals surface area contributed by atoms with Crippen LogP contribution in [0.15, 0.2) is 11.4 Å². The standard InChI is InChI=1S/C11H18ClNO2S/c1-14-5-6-15-4-2-3-13-8-11-7-10(12)9-16-11/h7,9,13H,2-6,8H2,1H3. The number of rotatable bonds is 9. The molecule has 0 spiro atoms. The molecule has 1 rings (SSSR count). The summed E-state index contributed by atoms with van der Waals surface area (Å²) in [6.07, 6.45) is 1.02. The van der Waals surface area contributed by atoms with Gasteiger partial charge in [-0.1, -0.05) is 11.6 Å². The molecule has 0 atom stereocenters. The van der Waals surface area contributed by atoms with Crippen LogP contribution in [-0.2, 0) is 16.0 Å². The second-order valence-corrected chi connectivity index (χ2v) is 4.80. The number of hydrogen-bond donors (Lipinski definition) is 1. The van der Waals surface area contributed by atoms with Crippen LogP contribution in [0.4, 0.5) is 0 Å². The van der Waals surface area contributed by atoms with Crippen molar-refractivity contribution in [3.8, 4) is 0 Å². The van der Waals surface area contributed by atoms with Crippen molar-refractivity contribution in [2.45, 2.75) is 13.0 Å². The molecule has 0 aliphatic rings. The van der Waals surface area contributed by atoms with Gasteiger partial charge in [-0.15, -0.1) is 11.3 Å². The van der Waals surface area contributed by atoms with E-state index in [9.17, 15) is 0 Å². The average molecular weight is 264 g/mol. The van der Waals surface area contributed by atoms with Gasteiger partial charge >= 0.3 is 0 Å². The minimum absolute atomic E-state index is 0.668. The third-order valence-corrected chi connectivity index (χ3v) is 3.28. The summed E-state index contributed by atoms with van der Waals surface area (Å²) in [6.45, 7) is 3.97. The summed E-state index contributed by atoms with van der Waals surface area (Å²) >= 11 is 7.50. The van der Waals surface area contributed by atoms with Gasteiger partial charge in [0.25, 0.3) is 0 Å². The summed E-state index contributed by atoms with van der Waals surface area (Å²) in [6, 6.07) is 1.99. The van der Waals surface area contributed by atoms with E-state index in [0.717, 1.165) is 31.1 Å². The molecule has 1 aromatic rings. The highest BCUT2D eigenvalue weighted by Crippen LogP contribution is 2.18. The molecular weight excluding hydrogens is 246 g/mol. The van der Waals surface area contributed by atoms with Crippen LogP contribution in [-0.4, -0.2) is 33.5 Å². The molecule has 16 heavy (non-hydrogen) atoms. The van der Waals surface area contributed by atoms with E-state index in [0.29, 0.717) is 13.2 Å². The van der Waals surface area contributed by atoms with Crippen LogP contribution in [0.5, 0.6) is 0 Å². The molecule has 0 unspecified atom stereocenters. The van der Waals surface area contributed by atoms with Crippen LogP contribution in [0, 0.1) is 0 Å². The smallest absolute Gasteiger partial charge is 0.0700 e. The molecule has 0 bridgehead atoms. The highest BCUT2D eigenvalue weighted by molar-refractivity contribution is 7.10. The lowest BCUT2D eigenvalue weighted by Crippen LogP contribution is -2.16. The fraction of sp³-hybridized carbons (Fsp3) is 0.636. The Labute approximate surface area is 106 Å². The van der Waals surface area contributed by atoms with E-state index in [-0.39, 0.29) is 0 Å². The van der Waals surface area contributed by atoms with Gasteiger partial charge in [0, 0.05) is 30.5 Å². The van der Waals surface area contributed by atoms with Crippen LogP contribution in [0.2, 0.25) is 5.02 Å². The number of ether oxygens (including phenoxy) is 2. The molecule has 1 N–H and O–H groups in total. The van der Waals surface area contributed by atoms with Crippen LogP contribution in [0.25, 0.3) is 0 Å². The van der Waals surface area contributed by atoms with Gasteiger partial charge in [0.05, 0.1) is 18.2 Å². The maximum atomic E-state index is 5.82. The van der Waals surface area contributed by atoms with Gasteiger partial charge in [-0.05, 0) is 19.0 Å². The topological polar surface area (TPSA) is 30.5 Å². The fourth-order valence-electron chi connectivity index (χ4n) is 1.20.